The van der Waals surface area contributed by atoms with Gasteiger partial charge in [0, 0.05) is 13.1 Å². The van der Waals surface area contributed by atoms with Gasteiger partial charge >= 0.3 is 0 Å². The summed E-state index contributed by atoms with van der Waals surface area (Å²) in [4.78, 5) is 30.4. The first-order chi connectivity index (χ1) is 13.9. The van der Waals surface area contributed by atoms with Gasteiger partial charge < -0.3 is 9.64 Å². The minimum Gasteiger partial charge on any atom is -0.378 e. The molecule has 0 aliphatic carbocycles. The number of ether oxygens (including phenoxy) is 1. The molecule has 0 bridgehead atoms. The van der Waals surface area contributed by atoms with Crippen LogP contribution in [0.3, 0.4) is 0 Å². The van der Waals surface area contributed by atoms with Gasteiger partial charge in [-0.2, -0.15) is 0 Å². The van der Waals surface area contributed by atoms with E-state index in [0.717, 1.165) is 27.8 Å². The van der Waals surface area contributed by atoms with Gasteiger partial charge in [0.2, 0.25) is 0 Å². The molecule has 2 heterocycles. The van der Waals surface area contributed by atoms with Crippen molar-refractivity contribution in [1.29, 1.82) is 0 Å². The predicted octanol–water partition coefficient (Wildman–Crippen LogP) is 3.54. The van der Waals surface area contributed by atoms with E-state index < -0.39 is 0 Å². The number of carbonyl (C=O) groups is 2. The van der Waals surface area contributed by atoms with Gasteiger partial charge in [-0.25, -0.2) is 4.90 Å². The normalized spacial score (nSPS) is 17.5. The topological polar surface area (TPSA) is 49.9 Å². The molecule has 0 spiro atoms. The summed E-state index contributed by atoms with van der Waals surface area (Å²) in [5, 5.41) is 0. The lowest BCUT2D eigenvalue weighted by Crippen LogP contribution is -2.40. The zero-order chi connectivity index (χ0) is 20.7. The minimum absolute atomic E-state index is 0.256. The Morgan fingerprint density at radius 1 is 0.759 bits per heavy atom. The van der Waals surface area contributed by atoms with Gasteiger partial charge in [-0.3, -0.25) is 9.59 Å². The number of amides is 2. The second-order valence-electron chi connectivity index (χ2n) is 7.84. The summed E-state index contributed by atoms with van der Waals surface area (Å²) in [6.45, 7) is 10.4. The third-order valence-electron chi connectivity index (χ3n) is 5.93. The van der Waals surface area contributed by atoms with Gasteiger partial charge in [0.25, 0.3) is 11.8 Å². The Bertz CT molecular complexity index is 1030. The molecule has 0 aromatic heterocycles. The first-order valence-electron chi connectivity index (χ1n) is 9.99. The van der Waals surface area contributed by atoms with Crippen LogP contribution >= 0.6 is 0 Å². The smallest absolute Gasteiger partial charge is 0.282 e. The molecule has 2 aliphatic heterocycles. The minimum atomic E-state index is -0.261. The van der Waals surface area contributed by atoms with Crippen molar-refractivity contribution in [3.63, 3.8) is 0 Å². The van der Waals surface area contributed by atoms with E-state index in [9.17, 15) is 9.59 Å². The number of aryl methyl sites for hydroxylation is 4. The third kappa shape index (κ3) is 3.36. The van der Waals surface area contributed by atoms with Crippen molar-refractivity contribution in [3.8, 4) is 0 Å². The van der Waals surface area contributed by atoms with E-state index in [1.807, 2.05) is 69.0 Å². The molecule has 29 heavy (non-hydrogen) atoms. The lowest BCUT2D eigenvalue weighted by molar-refractivity contribution is -0.121. The van der Waals surface area contributed by atoms with Crippen molar-refractivity contribution in [3.05, 3.63) is 69.9 Å². The van der Waals surface area contributed by atoms with E-state index in [4.69, 9.17) is 4.74 Å². The number of anilines is 1. The molecule has 0 unspecified atom stereocenters. The summed E-state index contributed by atoms with van der Waals surface area (Å²) >= 11 is 0. The fraction of sp³-hybridized carbons (Fsp3) is 0.333. The van der Waals surface area contributed by atoms with E-state index in [0.29, 0.717) is 43.3 Å². The number of hydrogen-bond donors (Lipinski definition) is 0. The molecule has 2 aliphatic rings. The van der Waals surface area contributed by atoms with Crippen LogP contribution in [-0.2, 0) is 14.3 Å². The highest BCUT2D eigenvalue weighted by atomic mass is 16.5. The molecule has 4 rings (SSSR count). The third-order valence-corrected chi connectivity index (χ3v) is 5.93. The highest BCUT2D eigenvalue weighted by Crippen LogP contribution is 2.36. The molecule has 0 radical (unpaired) electrons. The highest BCUT2D eigenvalue weighted by Gasteiger charge is 2.42. The Labute approximate surface area is 171 Å². The maximum Gasteiger partial charge on any atom is 0.282 e. The summed E-state index contributed by atoms with van der Waals surface area (Å²) in [6, 6.07) is 11.6. The SMILES string of the molecule is Cc1ccc(C2=C(N3CCOCC3)C(=O)N(c3ccc(C)c(C)c3)C2=O)cc1C. The van der Waals surface area contributed by atoms with Crippen molar-refractivity contribution in [2.24, 2.45) is 0 Å². The fourth-order valence-electron chi connectivity index (χ4n) is 3.85. The number of imide groups is 1. The van der Waals surface area contributed by atoms with Crippen LogP contribution in [0.1, 0.15) is 27.8 Å². The van der Waals surface area contributed by atoms with Crippen molar-refractivity contribution in [1.82, 2.24) is 4.90 Å². The number of carbonyl (C=O) groups excluding carboxylic acids is 2. The number of rotatable bonds is 3. The van der Waals surface area contributed by atoms with E-state index in [-0.39, 0.29) is 11.8 Å². The Kier molecular flexibility index (Phi) is 5.01. The lowest BCUT2D eigenvalue weighted by Gasteiger charge is -2.29. The van der Waals surface area contributed by atoms with Crippen molar-refractivity contribution in [2.45, 2.75) is 27.7 Å². The average molecular weight is 390 g/mol. The van der Waals surface area contributed by atoms with Crippen LogP contribution in [0.2, 0.25) is 0 Å². The second-order valence-corrected chi connectivity index (χ2v) is 7.84. The predicted molar refractivity (Wildman–Crippen MR) is 114 cm³/mol. The molecule has 1 saturated heterocycles. The second kappa shape index (κ2) is 7.48. The number of morpholine rings is 1. The van der Waals surface area contributed by atoms with E-state index in [1.54, 1.807) is 0 Å². The molecule has 0 atom stereocenters. The number of hydrogen-bond acceptors (Lipinski definition) is 4. The molecular formula is C24H26N2O3. The van der Waals surface area contributed by atoms with Gasteiger partial charge in [0.15, 0.2) is 0 Å². The van der Waals surface area contributed by atoms with Gasteiger partial charge in [-0.1, -0.05) is 24.3 Å². The van der Waals surface area contributed by atoms with Crippen LogP contribution < -0.4 is 4.90 Å². The first-order valence-corrected chi connectivity index (χ1v) is 9.99. The van der Waals surface area contributed by atoms with Crippen molar-refractivity contribution in [2.75, 3.05) is 31.2 Å². The zero-order valence-corrected chi connectivity index (χ0v) is 17.4. The highest BCUT2D eigenvalue weighted by molar-refractivity contribution is 6.45. The van der Waals surface area contributed by atoms with E-state index in [1.165, 1.54) is 4.90 Å². The van der Waals surface area contributed by atoms with Crippen molar-refractivity contribution >= 4 is 23.1 Å². The molecular weight excluding hydrogens is 364 g/mol. The van der Waals surface area contributed by atoms with Gasteiger partial charge in [-0.05, 0) is 67.6 Å². The molecule has 2 amide bonds. The van der Waals surface area contributed by atoms with Gasteiger partial charge in [0.05, 0.1) is 24.5 Å². The van der Waals surface area contributed by atoms with E-state index in [2.05, 4.69) is 0 Å². The lowest BCUT2D eigenvalue weighted by atomic mass is 9.99. The Morgan fingerprint density at radius 2 is 1.38 bits per heavy atom. The van der Waals surface area contributed by atoms with E-state index >= 15 is 0 Å². The largest absolute Gasteiger partial charge is 0.378 e. The molecule has 0 N–H and O–H groups in total. The van der Waals surface area contributed by atoms with Crippen LogP contribution in [0, 0.1) is 27.7 Å². The van der Waals surface area contributed by atoms with Gasteiger partial charge in [0.1, 0.15) is 5.70 Å². The monoisotopic (exact) mass is 390 g/mol. The van der Waals surface area contributed by atoms with Crippen molar-refractivity contribution < 1.29 is 14.3 Å². The number of benzene rings is 2. The molecule has 0 saturated carbocycles. The summed E-state index contributed by atoms with van der Waals surface area (Å²) in [5.41, 5.74) is 6.82. The molecule has 5 nitrogen and oxygen atoms in total. The maximum absolute atomic E-state index is 13.6. The zero-order valence-electron chi connectivity index (χ0n) is 17.4. The first kappa shape index (κ1) is 19.4. The summed E-state index contributed by atoms with van der Waals surface area (Å²) in [5.74, 6) is -0.517. The standard InChI is InChI=1S/C24H26N2O3/c1-15-5-7-19(13-17(15)3)21-22(25-9-11-29-12-10-25)24(28)26(23(21)27)20-8-6-16(2)18(4)14-20/h5-8,13-14H,9-12H2,1-4H3. The van der Waals surface area contributed by atoms with Crippen LogP contribution in [0.4, 0.5) is 5.69 Å². The molecule has 150 valence electrons. The quantitative estimate of drug-likeness (QED) is 0.753. The molecule has 5 heteroatoms. The van der Waals surface area contributed by atoms with Crippen LogP contribution in [0.5, 0.6) is 0 Å². The Hall–Kier alpha value is -2.92. The Morgan fingerprint density at radius 3 is 2.00 bits per heavy atom. The summed E-state index contributed by atoms with van der Waals surface area (Å²) in [7, 11) is 0. The van der Waals surface area contributed by atoms with Crippen LogP contribution in [0.15, 0.2) is 42.1 Å². The Balaban J connectivity index is 1.85. The average Bonchev–Trinajstić information content (AvgIpc) is 2.97. The van der Waals surface area contributed by atoms with Crippen LogP contribution in [-0.4, -0.2) is 43.0 Å². The molecule has 2 aromatic carbocycles. The summed E-state index contributed by atoms with van der Waals surface area (Å²) in [6.07, 6.45) is 0. The maximum atomic E-state index is 13.6. The summed E-state index contributed by atoms with van der Waals surface area (Å²) < 4.78 is 5.46. The van der Waals surface area contributed by atoms with Gasteiger partial charge in [-0.15, -0.1) is 0 Å². The fourth-order valence-corrected chi connectivity index (χ4v) is 3.85. The molecule has 2 aromatic rings. The number of nitrogens with zero attached hydrogens (tertiary/aromatic N) is 2. The molecule has 1 fully saturated rings. The van der Waals surface area contributed by atoms with Crippen LogP contribution in [0.25, 0.3) is 5.57 Å².